The van der Waals surface area contributed by atoms with Crippen LogP contribution in [0.4, 0.5) is 0 Å². The molecule has 0 aliphatic heterocycles. The average molecular weight is 253 g/mol. The summed E-state index contributed by atoms with van der Waals surface area (Å²) in [6.45, 7) is 0. The standard InChI is InChI=1S/C12H15NO3S/c1-16-11(14)7-9(10-3-2-6-17-10)13-12(15)8-4-5-8/h2-3,6,8-9H,4-5,7H2,1H3,(H,13,15). The van der Waals surface area contributed by atoms with Gasteiger partial charge in [-0.05, 0) is 24.3 Å². The van der Waals surface area contributed by atoms with E-state index in [1.165, 1.54) is 18.4 Å². The summed E-state index contributed by atoms with van der Waals surface area (Å²) >= 11 is 1.54. The van der Waals surface area contributed by atoms with Crippen molar-refractivity contribution in [1.82, 2.24) is 5.32 Å². The zero-order valence-electron chi connectivity index (χ0n) is 9.64. The fourth-order valence-corrected chi connectivity index (χ4v) is 2.38. The minimum absolute atomic E-state index is 0.0484. The summed E-state index contributed by atoms with van der Waals surface area (Å²) in [5.41, 5.74) is 0. The molecule has 92 valence electrons. The van der Waals surface area contributed by atoms with E-state index in [0.29, 0.717) is 0 Å². The van der Waals surface area contributed by atoms with Gasteiger partial charge >= 0.3 is 5.97 Å². The van der Waals surface area contributed by atoms with Gasteiger partial charge in [0.05, 0.1) is 19.6 Å². The number of hydrogen-bond acceptors (Lipinski definition) is 4. The van der Waals surface area contributed by atoms with Crippen molar-refractivity contribution in [3.63, 3.8) is 0 Å². The largest absolute Gasteiger partial charge is 0.469 e. The van der Waals surface area contributed by atoms with Gasteiger partial charge in [-0.1, -0.05) is 6.07 Å². The van der Waals surface area contributed by atoms with Crippen LogP contribution in [0.3, 0.4) is 0 Å². The Labute approximate surface area is 104 Å². The molecule has 0 aromatic carbocycles. The molecule has 2 rings (SSSR count). The fourth-order valence-electron chi connectivity index (χ4n) is 1.60. The van der Waals surface area contributed by atoms with Crippen LogP contribution in [0.15, 0.2) is 17.5 Å². The molecule has 1 amide bonds. The molecule has 1 aliphatic carbocycles. The van der Waals surface area contributed by atoms with Crippen LogP contribution in [-0.2, 0) is 14.3 Å². The molecular weight excluding hydrogens is 238 g/mol. The first-order valence-electron chi connectivity index (χ1n) is 5.61. The molecule has 1 aliphatic rings. The van der Waals surface area contributed by atoms with Crippen molar-refractivity contribution in [2.24, 2.45) is 5.92 Å². The first-order valence-corrected chi connectivity index (χ1v) is 6.49. The van der Waals surface area contributed by atoms with E-state index in [4.69, 9.17) is 0 Å². The molecule has 1 saturated carbocycles. The summed E-state index contributed by atoms with van der Waals surface area (Å²) in [5.74, 6) is -0.109. The predicted octanol–water partition coefficient (Wildman–Crippen LogP) is 1.88. The number of esters is 1. The van der Waals surface area contributed by atoms with Gasteiger partial charge in [0.25, 0.3) is 0 Å². The quantitative estimate of drug-likeness (QED) is 0.815. The van der Waals surface area contributed by atoms with Gasteiger partial charge in [0.1, 0.15) is 0 Å². The second-order valence-corrected chi connectivity index (χ2v) is 5.11. The third-order valence-electron chi connectivity index (χ3n) is 2.75. The van der Waals surface area contributed by atoms with Gasteiger partial charge in [-0.2, -0.15) is 0 Å². The third-order valence-corrected chi connectivity index (χ3v) is 3.74. The molecule has 0 saturated heterocycles. The van der Waals surface area contributed by atoms with Gasteiger partial charge in [0.15, 0.2) is 0 Å². The van der Waals surface area contributed by atoms with Gasteiger partial charge in [-0.15, -0.1) is 11.3 Å². The summed E-state index contributed by atoms with van der Waals surface area (Å²) in [4.78, 5) is 24.0. The summed E-state index contributed by atoms with van der Waals surface area (Å²) in [6, 6.07) is 3.58. The smallest absolute Gasteiger partial charge is 0.307 e. The molecule has 4 nitrogen and oxygen atoms in total. The molecule has 5 heteroatoms. The van der Waals surface area contributed by atoms with Crippen LogP contribution >= 0.6 is 11.3 Å². The van der Waals surface area contributed by atoms with Crippen molar-refractivity contribution in [2.75, 3.05) is 7.11 Å². The lowest BCUT2D eigenvalue weighted by molar-refractivity contribution is -0.141. The van der Waals surface area contributed by atoms with Crippen LogP contribution in [0, 0.1) is 5.92 Å². The fraction of sp³-hybridized carbons (Fsp3) is 0.500. The van der Waals surface area contributed by atoms with Crippen LogP contribution in [0.25, 0.3) is 0 Å². The normalized spacial score (nSPS) is 16.3. The monoisotopic (exact) mass is 253 g/mol. The van der Waals surface area contributed by atoms with Crippen molar-refractivity contribution in [1.29, 1.82) is 0 Å². The van der Waals surface area contributed by atoms with Crippen molar-refractivity contribution in [3.8, 4) is 0 Å². The lowest BCUT2D eigenvalue weighted by Crippen LogP contribution is -2.31. The highest BCUT2D eigenvalue weighted by molar-refractivity contribution is 7.10. The molecule has 1 atom stereocenters. The maximum Gasteiger partial charge on any atom is 0.307 e. The molecule has 1 N–H and O–H groups in total. The van der Waals surface area contributed by atoms with Crippen LogP contribution in [0.5, 0.6) is 0 Å². The minimum Gasteiger partial charge on any atom is -0.469 e. The number of methoxy groups -OCH3 is 1. The Morgan fingerprint density at radius 1 is 1.59 bits per heavy atom. The van der Waals surface area contributed by atoms with Gasteiger partial charge in [-0.25, -0.2) is 0 Å². The zero-order valence-corrected chi connectivity index (χ0v) is 10.5. The summed E-state index contributed by atoms with van der Waals surface area (Å²) in [6.07, 6.45) is 2.11. The van der Waals surface area contributed by atoms with E-state index in [1.807, 2.05) is 17.5 Å². The molecule has 1 aromatic rings. The number of hydrogen-bond donors (Lipinski definition) is 1. The van der Waals surface area contributed by atoms with Crippen molar-refractivity contribution in [3.05, 3.63) is 22.4 Å². The minimum atomic E-state index is -0.306. The van der Waals surface area contributed by atoms with Crippen molar-refractivity contribution >= 4 is 23.2 Å². The molecule has 1 fully saturated rings. The first kappa shape index (κ1) is 12.1. The topological polar surface area (TPSA) is 55.4 Å². The molecule has 17 heavy (non-hydrogen) atoms. The van der Waals surface area contributed by atoms with Gasteiger partial charge < -0.3 is 10.1 Å². The molecular formula is C12H15NO3S. The Bertz CT molecular complexity index is 398. The summed E-state index contributed by atoms with van der Waals surface area (Å²) in [7, 11) is 1.36. The number of amides is 1. The lowest BCUT2D eigenvalue weighted by atomic mass is 10.1. The second-order valence-electron chi connectivity index (χ2n) is 4.13. The average Bonchev–Trinajstić information content (AvgIpc) is 3.04. The van der Waals surface area contributed by atoms with Crippen molar-refractivity contribution in [2.45, 2.75) is 25.3 Å². The van der Waals surface area contributed by atoms with Crippen LogP contribution in [0.1, 0.15) is 30.2 Å². The third kappa shape index (κ3) is 3.30. The Morgan fingerprint density at radius 2 is 2.35 bits per heavy atom. The van der Waals surface area contributed by atoms with Crippen LogP contribution in [0.2, 0.25) is 0 Å². The number of ether oxygens (including phenoxy) is 1. The van der Waals surface area contributed by atoms with E-state index in [2.05, 4.69) is 10.1 Å². The molecule has 0 radical (unpaired) electrons. The Morgan fingerprint density at radius 3 is 2.88 bits per heavy atom. The van der Waals surface area contributed by atoms with E-state index < -0.39 is 0 Å². The van der Waals surface area contributed by atoms with Gasteiger partial charge in [-0.3, -0.25) is 9.59 Å². The van der Waals surface area contributed by atoms with E-state index in [9.17, 15) is 9.59 Å². The lowest BCUT2D eigenvalue weighted by Gasteiger charge is -2.16. The summed E-state index contributed by atoms with van der Waals surface area (Å²) < 4.78 is 4.65. The molecule has 0 spiro atoms. The second kappa shape index (κ2) is 5.31. The number of carbonyl (C=O) groups is 2. The summed E-state index contributed by atoms with van der Waals surface area (Å²) in [5, 5.41) is 4.85. The van der Waals surface area contributed by atoms with Crippen LogP contribution < -0.4 is 5.32 Å². The maximum atomic E-state index is 11.7. The van der Waals surface area contributed by atoms with E-state index in [1.54, 1.807) is 0 Å². The zero-order chi connectivity index (χ0) is 12.3. The number of rotatable bonds is 5. The predicted molar refractivity (Wildman–Crippen MR) is 64.6 cm³/mol. The SMILES string of the molecule is COC(=O)CC(NC(=O)C1CC1)c1cccs1. The van der Waals surface area contributed by atoms with E-state index in [-0.39, 0.29) is 30.3 Å². The molecule has 1 heterocycles. The Balaban J connectivity index is 2.01. The number of nitrogens with one attached hydrogen (secondary N) is 1. The Hall–Kier alpha value is -1.36. The van der Waals surface area contributed by atoms with Gasteiger partial charge in [0.2, 0.25) is 5.91 Å². The Kier molecular flexibility index (Phi) is 3.78. The maximum absolute atomic E-state index is 11.7. The van der Waals surface area contributed by atoms with Crippen molar-refractivity contribution < 1.29 is 14.3 Å². The number of carbonyl (C=O) groups excluding carboxylic acids is 2. The van der Waals surface area contributed by atoms with E-state index in [0.717, 1.165) is 17.7 Å². The number of thiophene rings is 1. The highest BCUT2D eigenvalue weighted by Gasteiger charge is 2.32. The first-order chi connectivity index (χ1) is 8.20. The van der Waals surface area contributed by atoms with E-state index >= 15 is 0 Å². The highest BCUT2D eigenvalue weighted by atomic mass is 32.1. The molecule has 1 unspecified atom stereocenters. The van der Waals surface area contributed by atoms with Gasteiger partial charge in [0, 0.05) is 10.8 Å². The van der Waals surface area contributed by atoms with Crippen LogP contribution in [-0.4, -0.2) is 19.0 Å². The molecule has 1 aromatic heterocycles. The highest BCUT2D eigenvalue weighted by Crippen LogP contribution is 2.31. The molecule has 0 bridgehead atoms.